The van der Waals surface area contributed by atoms with Gasteiger partial charge >= 0.3 is 6.09 Å². The minimum Gasteiger partial charge on any atom is -0.445 e. The molecule has 2 aromatic carbocycles. The Balaban J connectivity index is 1.57. The van der Waals surface area contributed by atoms with Crippen molar-refractivity contribution < 1.29 is 19.4 Å². The molecule has 1 fully saturated rings. The van der Waals surface area contributed by atoms with Crippen LogP contribution in [-0.4, -0.2) is 59.2 Å². The van der Waals surface area contributed by atoms with Gasteiger partial charge in [-0.1, -0.05) is 60.7 Å². The van der Waals surface area contributed by atoms with Gasteiger partial charge in [0.15, 0.2) is 0 Å². The Morgan fingerprint density at radius 3 is 2.32 bits per heavy atom. The highest BCUT2D eigenvalue weighted by Gasteiger charge is 2.40. The van der Waals surface area contributed by atoms with Crippen molar-refractivity contribution in [3.05, 3.63) is 71.8 Å². The number of carbonyl (C=O) groups is 2. The number of benzene rings is 2. The lowest BCUT2D eigenvalue weighted by Gasteiger charge is -2.27. The molecule has 148 valence electrons. The summed E-state index contributed by atoms with van der Waals surface area (Å²) in [6, 6.07) is 18.6. The molecule has 1 aliphatic heterocycles. The van der Waals surface area contributed by atoms with E-state index < -0.39 is 18.2 Å². The van der Waals surface area contributed by atoms with Gasteiger partial charge in [0.25, 0.3) is 0 Å². The number of likely N-dealkylation sites (tertiary alicyclic amines) is 1. The van der Waals surface area contributed by atoms with Gasteiger partial charge in [-0.2, -0.15) is 0 Å². The Bertz CT molecular complexity index is 782. The summed E-state index contributed by atoms with van der Waals surface area (Å²) in [5.74, 6) is -0.177. The number of hydrogen-bond acceptors (Lipinski definition) is 4. The number of carbonyl (C=O) groups excluding carboxylic acids is 2. The average Bonchev–Trinajstić information content (AvgIpc) is 3.13. The van der Waals surface area contributed by atoms with Crippen LogP contribution < -0.4 is 0 Å². The molecule has 1 heterocycles. The second-order valence-electron chi connectivity index (χ2n) is 7.09. The van der Waals surface area contributed by atoms with E-state index in [0.29, 0.717) is 6.54 Å². The molecule has 2 atom stereocenters. The van der Waals surface area contributed by atoms with Gasteiger partial charge in [-0.05, 0) is 17.5 Å². The van der Waals surface area contributed by atoms with Crippen LogP contribution >= 0.6 is 0 Å². The monoisotopic (exact) mass is 382 g/mol. The lowest BCUT2D eigenvalue weighted by Crippen LogP contribution is -2.47. The largest absolute Gasteiger partial charge is 0.445 e. The van der Waals surface area contributed by atoms with Crippen molar-refractivity contribution in [2.75, 3.05) is 20.1 Å². The number of amides is 2. The highest BCUT2D eigenvalue weighted by atomic mass is 16.6. The highest BCUT2D eigenvalue weighted by molar-refractivity contribution is 5.86. The molecular weight excluding hydrogens is 356 g/mol. The zero-order valence-corrected chi connectivity index (χ0v) is 16.0. The molecular formula is C22H26N2O4. The van der Waals surface area contributed by atoms with Crippen LogP contribution in [0.1, 0.15) is 17.5 Å². The molecule has 0 aromatic heterocycles. The van der Waals surface area contributed by atoms with E-state index in [0.717, 1.165) is 17.5 Å². The summed E-state index contributed by atoms with van der Waals surface area (Å²) in [5, 5.41) is 10.0. The van der Waals surface area contributed by atoms with E-state index in [9.17, 15) is 14.7 Å². The molecule has 6 nitrogen and oxygen atoms in total. The lowest BCUT2D eigenvalue weighted by atomic mass is 10.1. The number of rotatable bonds is 6. The van der Waals surface area contributed by atoms with Crippen molar-refractivity contribution in [3.63, 3.8) is 0 Å². The van der Waals surface area contributed by atoms with Gasteiger partial charge in [0, 0.05) is 20.0 Å². The first kappa shape index (κ1) is 19.9. The van der Waals surface area contributed by atoms with E-state index in [1.54, 1.807) is 11.9 Å². The van der Waals surface area contributed by atoms with Crippen LogP contribution in [0, 0.1) is 0 Å². The number of ether oxygens (including phenoxy) is 1. The normalized spacial score (nSPS) is 18.7. The van der Waals surface area contributed by atoms with Crippen LogP contribution in [0.4, 0.5) is 4.79 Å². The van der Waals surface area contributed by atoms with Crippen LogP contribution in [0.2, 0.25) is 0 Å². The summed E-state index contributed by atoms with van der Waals surface area (Å²) < 4.78 is 5.35. The van der Waals surface area contributed by atoms with Gasteiger partial charge in [0.1, 0.15) is 12.6 Å². The maximum Gasteiger partial charge on any atom is 0.410 e. The molecule has 0 aliphatic carbocycles. The van der Waals surface area contributed by atoms with E-state index >= 15 is 0 Å². The molecule has 3 rings (SSSR count). The maximum atomic E-state index is 12.9. The summed E-state index contributed by atoms with van der Waals surface area (Å²) >= 11 is 0. The molecule has 2 aromatic rings. The Kier molecular flexibility index (Phi) is 6.66. The summed E-state index contributed by atoms with van der Waals surface area (Å²) in [6.07, 6.45) is -0.331. The third kappa shape index (κ3) is 5.10. The van der Waals surface area contributed by atoms with Crippen molar-refractivity contribution in [1.82, 2.24) is 9.80 Å². The summed E-state index contributed by atoms with van der Waals surface area (Å²) in [4.78, 5) is 28.3. The smallest absolute Gasteiger partial charge is 0.410 e. The van der Waals surface area contributed by atoms with Crippen LogP contribution in [0.15, 0.2) is 60.7 Å². The highest BCUT2D eigenvalue weighted by Crippen LogP contribution is 2.21. The van der Waals surface area contributed by atoms with Crippen LogP contribution in [0.3, 0.4) is 0 Å². The van der Waals surface area contributed by atoms with E-state index in [1.165, 1.54) is 4.90 Å². The average molecular weight is 382 g/mol. The van der Waals surface area contributed by atoms with Crippen LogP contribution in [-0.2, 0) is 22.6 Å². The number of aliphatic hydroxyl groups excluding tert-OH is 1. The van der Waals surface area contributed by atoms with Gasteiger partial charge < -0.3 is 14.7 Å². The predicted molar refractivity (Wildman–Crippen MR) is 106 cm³/mol. The Morgan fingerprint density at radius 2 is 1.68 bits per heavy atom. The number of aliphatic hydroxyl groups is 1. The van der Waals surface area contributed by atoms with E-state index in [1.807, 2.05) is 60.7 Å². The van der Waals surface area contributed by atoms with Gasteiger partial charge in [0.2, 0.25) is 5.91 Å². The zero-order chi connectivity index (χ0) is 19.9. The fourth-order valence-corrected chi connectivity index (χ4v) is 3.36. The molecule has 0 spiro atoms. The second-order valence-corrected chi connectivity index (χ2v) is 7.09. The van der Waals surface area contributed by atoms with E-state index in [4.69, 9.17) is 4.74 Å². The fourth-order valence-electron chi connectivity index (χ4n) is 3.36. The molecule has 2 amide bonds. The third-order valence-corrected chi connectivity index (χ3v) is 4.96. The predicted octanol–water partition coefficient (Wildman–Crippen LogP) is 2.46. The molecule has 0 saturated carbocycles. The molecule has 28 heavy (non-hydrogen) atoms. The van der Waals surface area contributed by atoms with Crippen molar-refractivity contribution in [3.8, 4) is 0 Å². The SMILES string of the molecule is CN(CCc1ccccc1)C(=O)[C@@H]1CC(O)CN1C(=O)OCc1ccccc1. The number of likely N-dealkylation sites (N-methyl/N-ethyl adjacent to an activating group) is 1. The Labute approximate surface area is 165 Å². The quantitative estimate of drug-likeness (QED) is 0.833. The summed E-state index contributed by atoms with van der Waals surface area (Å²) in [5.41, 5.74) is 2.02. The van der Waals surface area contributed by atoms with Crippen molar-refractivity contribution in [2.45, 2.75) is 31.6 Å². The maximum absolute atomic E-state index is 12.9. The molecule has 1 aliphatic rings. The minimum absolute atomic E-state index is 0.108. The van der Waals surface area contributed by atoms with Crippen LogP contribution in [0.25, 0.3) is 0 Å². The van der Waals surface area contributed by atoms with Crippen LogP contribution in [0.5, 0.6) is 0 Å². The van der Waals surface area contributed by atoms with Gasteiger partial charge in [-0.25, -0.2) is 4.79 Å². The summed E-state index contributed by atoms with van der Waals surface area (Å²) in [7, 11) is 1.73. The molecule has 1 unspecified atom stereocenters. The minimum atomic E-state index is -0.722. The Morgan fingerprint density at radius 1 is 1.07 bits per heavy atom. The summed E-state index contributed by atoms with van der Waals surface area (Å²) in [6.45, 7) is 0.788. The van der Waals surface area contributed by atoms with Gasteiger partial charge in [-0.15, -0.1) is 0 Å². The molecule has 1 saturated heterocycles. The van der Waals surface area contributed by atoms with E-state index in [-0.39, 0.29) is 25.5 Å². The molecule has 0 radical (unpaired) electrons. The second kappa shape index (κ2) is 9.37. The van der Waals surface area contributed by atoms with Crippen molar-refractivity contribution >= 4 is 12.0 Å². The first-order chi connectivity index (χ1) is 13.5. The van der Waals surface area contributed by atoms with Gasteiger partial charge in [-0.3, -0.25) is 9.69 Å². The number of hydrogen-bond donors (Lipinski definition) is 1. The number of nitrogens with zero attached hydrogens (tertiary/aromatic N) is 2. The lowest BCUT2D eigenvalue weighted by molar-refractivity contribution is -0.134. The first-order valence-electron chi connectivity index (χ1n) is 9.49. The number of β-amino-alcohol motifs (C(OH)–C–C–N with tert-alkyl or cyclic N) is 1. The molecule has 0 bridgehead atoms. The Hall–Kier alpha value is -2.86. The molecule has 6 heteroatoms. The van der Waals surface area contributed by atoms with Crippen molar-refractivity contribution in [1.29, 1.82) is 0 Å². The zero-order valence-electron chi connectivity index (χ0n) is 16.0. The van der Waals surface area contributed by atoms with Gasteiger partial charge in [0.05, 0.1) is 12.6 Å². The van der Waals surface area contributed by atoms with E-state index in [2.05, 4.69) is 0 Å². The third-order valence-electron chi connectivity index (χ3n) is 4.96. The standard InChI is InChI=1S/C22H26N2O4/c1-23(13-12-17-8-4-2-5-9-17)21(26)20-14-19(25)15-24(20)22(27)28-16-18-10-6-3-7-11-18/h2-11,19-20,25H,12-16H2,1H3/t19?,20-/m0/s1. The first-order valence-corrected chi connectivity index (χ1v) is 9.49. The fraction of sp³-hybridized carbons (Fsp3) is 0.364. The topological polar surface area (TPSA) is 70.1 Å². The van der Waals surface area contributed by atoms with Crippen molar-refractivity contribution in [2.24, 2.45) is 0 Å². The molecule has 1 N–H and O–H groups in total.